The molecule has 0 spiro atoms. The van der Waals surface area contributed by atoms with E-state index in [0.717, 1.165) is 12.3 Å². The number of nitrogens with one attached hydrogen (secondary N) is 1. The maximum Gasteiger partial charge on any atom is 0.271 e. The Hall–Kier alpha value is -2.65. The molecule has 2 aromatic rings. The molecule has 0 fully saturated rings. The van der Waals surface area contributed by atoms with Crippen LogP contribution in [-0.4, -0.2) is 37.9 Å². The summed E-state index contributed by atoms with van der Waals surface area (Å²) < 4.78 is 52.7. The van der Waals surface area contributed by atoms with Crippen LogP contribution in [-0.2, 0) is 10.0 Å². The van der Waals surface area contributed by atoms with E-state index in [1.54, 1.807) is 13.8 Å². The molecule has 1 amide bonds. The predicted octanol–water partition coefficient (Wildman–Crippen LogP) is 2.76. The van der Waals surface area contributed by atoms with Crippen LogP contribution in [0.2, 0.25) is 0 Å². The van der Waals surface area contributed by atoms with Crippen molar-refractivity contribution in [2.75, 3.05) is 13.1 Å². The summed E-state index contributed by atoms with van der Waals surface area (Å²) in [7, 11) is -3.70. The van der Waals surface area contributed by atoms with Gasteiger partial charge in [-0.15, -0.1) is 0 Å². The molecule has 0 heterocycles. The number of hydrazone groups is 1. The first-order chi connectivity index (χ1) is 12.8. The van der Waals surface area contributed by atoms with Crippen LogP contribution in [0.4, 0.5) is 8.78 Å². The fraction of sp³-hybridized carbons (Fsp3) is 0.222. The quantitative estimate of drug-likeness (QED) is 0.578. The molecule has 0 radical (unpaired) electrons. The lowest BCUT2D eigenvalue weighted by Gasteiger charge is -2.18. The number of nitrogens with zero attached hydrogens (tertiary/aromatic N) is 2. The normalized spacial score (nSPS) is 11.9. The summed E-state index contributed by atoms with van der Waals surface area (Å²) >= 11 is 0. The van der Waals surface area contributed by atoms with Crippen molar-refractivity contribution in [3.05, 3.63) is 65.2 Å². The lowest BCUT2D eigenvalue weighted by atomic mass is 10.2. The van der Waals surface area contributed by atoms with Crippen LogP contribution in [0.1, 0.15) is 29.8 Å². The third kappa shape index (κ3) is 4.95. The van der Waals surface area contributed by atoms with Crippen LogP contribution in [0.3, 0.4) is 0 Å². The van der Waals surface area contributed by atoms with Gasteiger partial charge in [-0.1, -0.05) is 19.9 Å². The van der Waals surface area contributed by atoms with Gasteiger partial charge in [0.2, 0.25) is 10.0 Å². The molecule has 0 saturated carbocycles. The molecule has 1 N–H and O–H groups in total. The lowest BCUT2D eigenvalue weighted by Crippen LogP contribution is -2.30. The Balaban J connectivity index is 2.17. The van der Waals surface area contributed by atoms with Gasteiger partial charge in [0.15, 0.2) is 0 Å². The Morgan fingerprint density at radius 1 is 1.15 bits per heavy atom. The summed E-state index contributed by atoms with van der Waals surface area (Å²) in [5.74, 6) is -2.20. The first-order valence-electron chi connectivity index (χ1n) is 8.18. The number of carbonyl (C=O) groups is 1. The van der Waals surface area contributed by atoms with Gasteiger partial charge in [0.05, 0.1) is 11.1 Å². The van der Waals surface area contributed by atoms with Crippen LogP contribution < -0.4 is 5.43 Å². The van der Waals surface area contributed by atoms with Gasteiger partial charge in [0.1, 0.15) is 11.6 Å². The summed E-state index contributed by atoms with van der Waals surface area (Å²) in [5.41, 5.74) is 2.27. The highest BCUT2D eigenvalue weighted by atomic mass is 32.2. The van der Waals surface area contributed by atoms with Crippen molar-refractivity contribution in [2.45, 2.75) is 18.7 Å². The molecule has 0 aliphatic heterocycles. The fourth-order valence-electron chi connectivity index (χ4n) is 2.34. The molecular formula is C18H19F2N3O3S. The first kappa shape index (κ1) is 20.7. The standard InChI is InChI=1S/C18H19F2N3O3S/c1-3-23(4-2)27(25,26)16-7-5-6-13(10-16)18(24)22-21-12-14-8-9-15(19)11-17(14)20/h5-12H,3-4H2,1-2H3,(H,22,24)/b21-12+. The van der Waals surface area contributed by atoms with E-state index in [-0.39, 0.29) is 16.0 Å². The van der Waals surface area contributed by atoms with E-state index in [0.29, 0.717) is 19.2 Å². The molecule has 9 heteroatoms. The lowest BCUT2D eigenvalue weighted by molar-refractivity contribution is 0.0955. The van der Waals surface area contributed by atoms with Gasteiger partial charge in [0, 0.05) is 30.3 Å². The van der Waals surface area contributed by atoms with Crippen LogP contribution in [0, 0.1) is 11.6 Å². The molecule has 144 valence electrons. The van der Waals surface area contributed by atoms with Gasteiger partial charge in [-0.25, -0.2) is 22.6 Å². The second-order valence-electron chi connectivity index (χ2n) is 5.48. The molecular weight excluding hydrogens is 376 g/mol. The van der Waals surface area contributed by atoms with E-state index < -0.39 is 27.6 Å². The van der Waals surface area contributed by atoms with Crippen LogP contribution in [0.5, 0.6) is 0 Å². The minimum absolute atomic E-state index is 0.00504. The Kier molecular flexibility index (Phi) is 6.75. The van der Waals surface area contributed by atoms with Crippen molar-refractivity contribution >= 4 is 22.1 Å². The smallest absolute Gasteiger partial charge is 0.267 e. The zero-order valence-electron chi connectivity index (χ0n) is 14.8. The fourth-order valence-corrected chi connectivity index (χ4v) is 3.85. The molecule has 0 atom stereocenters. The number of benzene rings is 2. The summed E-state index contributed by atoms with van der Waals surface area (Å²) in [5, 5.41) is 3.62. The monoisotopic (exact) mass is 395 g/mol. The van der Waals surface area contributed by atoms with Crippen molar-refractivity contribution in [3.63, 3.8) is 0 Å². The highest BCUT2D eigenvalue weighted by Gasteiger charge is 2.22. The highest BCUT2D eigenvalue weighted by Crippen LogP contribution is 2.17. The van der Waals surface area contributed by atoms with Gasteiger partial charge >= 0.3 is 0 Å². The second kappa shape index (κ2) is 8.83. The van der Waals surface area contributed by atoms with E-state index >= 15 is 0 Å². The molecule has 0 saturated heterocycles. The molecule has 0 aromatic heterocycles. The molecule has 6 nitrogen and oxygen atoms in total. The van der Waals surface area contributed by atoms with Gasteiger partial charge < -0.3 is 0 Å². The zero-order chi connectivity index (χ0) is 20.0. The molecule has 0 aliphatic carbocycles. The summed E-state index contributed by atoms with van der Waals surface area (Å²) in [4.78, 5) is 12.2. The Morgan fingerprint density at radius 2 is 1.85 bits per heavy atom. The van der Waals surface area contributed by atoms with Gasteiger partial charge in [0.25, 0.3) is 5.91 Å². The summed E-state index contributed by atoms with van der Waals surface area (Å²) in [6.45, 7) is 4.06. The molecule has 27 heavy (non-hydrogen) atoms. The maximum atomic E-state index is 13.5. The van der Waals surface area contributed by atoms with Crippen molar-refractivity contribution in [1.82, 2.24) is 9.73 Å². The SMILES string of the molecule is CCN(CC)S(=O)(=O)c1cccc(C(=O)N/N=C/c2ccc(F)cc2F)c1. The van der Waals surface area contributed by atoms with Gasteiger partial charge in [-0.05, 0) is 30.3 Å². The number of halogens is 2. The van der Waals surface area contributed by atoms with Crippen molar-refractivity contribution < 1.29 is 22.0 Å². The minimum Gasteiger partial charge on any atom is -0.267 e. The molecule has 0 bridgehead atoms. The van der Waals surface area contributed by atoms with E-state index in [2.05, 4.69) is 10.5 Å². The van der Waals surface area contributed by atoms with E-state index in [1.165, 1.54) is 34.6 Å². The number of rotatable bonds is 7. The van der Waals surface area contributed by atoms with E-state index in [1.807, 2.05) is 0 Å². The third-order valence-electron chi connectivity index (χ3n) is 3.77. The van der Waals surface area contributed by atoms with E-state index in [4.69, 9.17) is 0 Å². The molecule has 2 aromatic carbocycles. The number of carbonyl (C=O) groups excluding carboxylic acids is 1. The van der Waals surface area contributed by atoms with Crippen LogP contribution in [0.15, 0.2) is 52.5 Å². The van der Waals surface area contributed by atoms with Gasteiger partial charge in [-0.3, -0.25) is 4.79 Å². The Bertz CT molecular complexity index is 958. The minimum atomic E-state index is -3.70. The average molecular weight is 395 g/mol. The van der Waals surface area contributed by atoms with Crippen molar-refractivity contribution in [1.29, 1.82) is 0 Å². The van der Waals surface area contributed by atoms with Gasteiger partial charge in [-0.2, -0.15) is 9.41 Å². The number of hydrogen-bond donors (Lipinski definition) is 1. The largest absolute Gasteiger partial charge is 0.271 e. The topological polar surface area (TPSA) is 78.8 Å². The number of hydrogen-bond acceptors (Lipinski definition) is 4. The van der Waals surface area contributed by atoms with Crippen molar-refractivity contribution in [2.24, 2.45) is 5.10 Å². The molecule has 0 unspecified atom stereocenters. The summed E-state index contributed by atoms with van der Waals surface area (Å²) in [6.07, 6.45) is 1.03. The molecule has 2 rings (SSSR count). The number of sulfonamides is 1. The maximum absolute atomic E-state index is 13.5. The highest BCUT2D eigenvalue weighted by molar-refractivity contribution is 7.89. The number of amides is 1. The second-order valence-corrected chi connectivity index (χ2v) is 7.42. The predicted molar refractivity (Wildman–Crippen MR) is 98.0 cm³/mol. The van der Waals surface area contributed by atoms with Crippen molar-refractivity contribution in [3.8, 4) is 0 Å². The first-order valence-corrected chi connectivity index (χ1v) is 9.62. The molecule has 0 aliphatic rings. The zero-order valence-corrected chi connectivity index (χ0v) is 15.6. The summed E-state index contributed by atoms with van der Waals surface area (Å²) in [6, 6.07) is 8.48. The van der Waals surface area contributed by atoms with Crippen LogP contribution >= 0.6 is 0 Å². The Labute approximate surface area is 156 Å². The average Bonchev–Trinajstić information content (AvgIpc) is 2.64. The Morgan fingerprint density at radius 3 is 2.48 bits per heavy atom. The third-order valence-corrected chi connectivity index (χ3v) is 5.82. The van der Waals surface area contributed by atoms with E-state index in [9.17, 15) is 22.0 Å². The van der Waals surface area contributed by atoms with Crippen LogP contribution in [0.25, 0.3) is 0 Å².